The largest absolute Gasteiger partial charge is 0.493 e. The summed E-state index contributed by atoms with van der Waals surface area (Å²) in [6.45, 7) is 0.485. The van der Waals surface area contributed by atoms with Gasteiger partial charge in [-0.3, -0.25) is 4.98 Å². The molecular formula is C20H16Cl2N4O4. The third-order valence-electron chi connectivity index (χ3n) is 4.41. The number of nitrogens with one attached hydrogen (secondary N) is 1. The highest BCUT2D eigenvalue weighted by Crippen LogP contribution is 2.45. The van der Waals surface area contributed by atoms with Crippen molar-refractivity contribution in [2.45, 2.75) is 6.42 Å². The van der Waals surface area contributed by atoms with E-state index in [4.69, 9.17) is 42.1 Å². The smallest absolute Gasteiger partial charge is 0.262 e. The molecule has 154 valence electrons. The minimum Gasteiger partial charge on any atom is -0.493 e. The van der Waals surface area contributed by atoms with Gasteiger partial charge in [0.25, 0.3) is 5.88 Å². The first-order chi connectivity index (χ1) is 14.7. The van der Waals surface area contributed by atoms with E-state index in [2.05, 4.69) is 21.4 Å². The molecule has 0 saturated carbocycles. The molecule has 3 aromatic rings. The number of anilines is 2. The van der Waals surface area contributed by atoms with Crippen LogP contribution in [0.1, 0.15) is 12.0 Å². The first-order valence-electron chi connectivity index (χ1n) is 8.97. The predicted molar refractivity (Wildman–Crippen MR) is 112 cm³/mol. The highest BCUT2D eigenvalue weighted by atomic mass is 35.5. The van der Waals surface area contributed by atoms with Crippen molar-refractivity contribution in [2.75, 3.05) is 31.7 Å². The van der Waals surface area contributed by atoms with Gasteiger partial charge in [-0.05, 0) is 12.5 Å². The molecule has 0 atom stereocenters. The quantitative estimate of drug-likeness (QED) is 0.413. The molecule has 8 nitrogen and oxygen atoms in total. The fourth-order valence-electron chi connectivity index (χ4n) is 3.00. The summed E-state index contributed by atoms with van der Waals surface area (Å²) in [6.07, 6.45) is 3.63. The van der Waals surface area contributed by atoms with Crippen molar-refractivity contribution in [1.29, 1.82) is 5.26 Å². The Balaban J connectivity index is 1.83. The lowest BCUT2D eigenvalue weighted by Gasteiger charge is -2.16. The molecule has 1 aliphatic rings. The minimum absolute atomic E-state index is 0.0381. The van der Waals surface area contributed by atoms with E-state index in [1.165, 1.54) is 12.4 Å². The standard InChI is InChI=1S/C20H16Cl2N4O4/c1-27-15-5-12-14(6-16(15)28-4-2-3-21)24-8-11(7-23)17(12)26-18-13(22)9-25-20-19(18)29-10-30-20/h5-6,8-9H,2-4,10H2,1H3,(H,24,25,26). The van der Waals surface area contributed by atoms with Crippen LogP contribution in [0.2, 0.25) is 5.02 Å². The van der Waals surface area contributed by atoms with Crippen LogP contribution in [0.4, 0.5) is 11.4 Å². The van der Waals surface area contributed by atoms with Gasteiger partial charge in [0.1, 0.15) is 11.8 Å². The van der Waals surface area contributed by atoms with E-state index < -0.39 is 0 Å². The van der Waals surface area contributed by atoms with Crippen molar-refractivity contribution in [2.24, 2.45) is 0 Å². The van der Waals surface area contributed by atoms with Crippen LogP contribution in [0.25, 0.3) is 10.9 Å². The van der Waals surface area contributed by atoms with Crippen LogP contribution in [0.5, 0.6) is 23.1 Å². The number of methoxy groups -OCH3 is 1. The number of fused-ring (bicyclic) bond motifs is 2. The summed E-state index contributed by atoms with van der Waals surface area (Å²) in [4.78, 5) is 8.49. The molecule has 0 saturated heterocycles. The van der Waals surface area contributed by atoms with Crippen molar-refractivity contribution in [3.8, 4) is 29.2 Å². The average molecular weight is 447 g/mol. The lowest BCUT2D eigenvalue weighted by Crippen LogP contribution is -2.02. The number of halogens is 2. The first-order valence-corrected chi connectivity index (χ1v) is 9.88. The fraction of sp³-hybridized carbons (Fsp3) is 0.250. The summed E-state index contributed by atoms with van der Waals surface area (Å²) < 4.78 is 22.1. The highest BCUT2D eigenvalue weighted by molar-refractivity contribution is 6.33. The van der Waals surface area contributed by atoms with E-state index in [0.717, 1.165) is 0 Å². The number of nitrogens with zero attached hydrogens (tertiary/aromatic N) is 3. The van der Waals surface area contributed by atoms with Crippen LogP contribution in [0.15, 0.2) is 24.5 Å². The van der Waals surface area contributed by atoms with Gasteiger partial charge in [0.2, 0.25) is 12.5 Å². The summed E-state index contributed by atoms with van der Waals surface area (Å²) in [5.74, 6) is 2.24. The monoisotopic (exact) mass is 446 g/mol. The van der Waals surface area contributed by atoms with E-state index in [0.29, 0.717) is 74.9 Å². The molecule has 1 N–H and O–H groups in total. The zero-order chi connectivity index (χ0) is 21.1. The Hall–Kier alpha value is -3.15. The van der Waals surface area contributed by atoms with Crippen LogP contribution in [-0.4, -0.2) is 36.4 Å². The highest BCUT2D eigenvalue weighted by Gasteiger charge is 2.24. The second-order valence-electron chi connectivity index (χ2n) is 6.22. The number of hydrogen-bond acceptors (Lipinski definition) is 8. The lowest BCUT2D eigenvalue weighted by atomic mass is 10.1. The minimum atomic E-state index is 0.0381. The van der Waals surface area contributed by atoms with E-state index in [9.17, 15) is 5.26 Å². The molecule has 3 heterocycles. The molecule has 0 radical (unpaired) electrons. The predicted octanol–water partition coefficient (Wildman–Crippen LogP) is 4.64. The van der Waals surface area contributed by atoms with Gasteiger partial charge in [-0.2, -0.15) is 5.26 Å². The Morgan fingerprint density at radius 3 is 2.83 bits per heavy atom. The molecule has 0 spiro atoms. The topological polar surface area (TPSA) is 98.5 Å². The maximum absolute atomic E-state index is 9.64. The number of ether oxygens (including phenoxy) is 4. The van der Waals surface area contributed by atoms with E-state index in [1.807, 2.05) is 0 Å². The SMILES string of the molecule is COc1cc2c(Nc3c(Cl)cnc4c3OCO4)c(C#N)cnc2cc1OCCCCl. The molecule has 0 unspecified atom stereocenters. The molecule has 10 heteroatoms. The Morgan fingerprint density at radius 1 is 1.20 bits per heavy atom. The van der Waals surface area contributed by atoms with Crippen LogP contribution in [0.3, 0.4) is 0 Å². The third kappa shape index (κ3) is 3.70. The van der Waals surface area contributed by atoms with Gasteiger partial charge in [-0.25, -0.2) is 4.98 Å². The van der Waals surface area contributed by atoms with E-state index in [-0.39, 0.29) is 6.79 Å². The van der Waals surface area contributed by atoms with Crippen molar-refractivity contribution >= 4 is 45.5 Å². The summed E-state index contributed by atoms with van der Waals surface area (Å²) >= 11 is 12.1. The zero-order valence-corrected chi connectivity index (χ0v) is 17.4. The second-order valence-corrected chi connectivity index (χ2v) is 7.00. The number of aromatic nitrogens is 2. The maximum Gasteiger partial charge on any atom is 0.262 e. The zero-order valence-electron chi connectivity index (χ0n) is 15.9. The number of benzene rings is 1. The molecule has 30 heavy (non-hydrogen) atoms. The Bertz CT molecular complexity index is 1150. The van der Waals surface area contributed by atoms with Gasteiger partial charge >= 0.3 is 0 Å². The molecule has 0 aliphatic carbocycles. The molecular weight excluding hydrogens is 431 g/mol. The number of pyridine rings is 2. The van der Waals surface area contributed by atoms with Crippen LogP contribution >= 0.6 is 23.2 Å². The lowest BCUT2D eigenvalue weighted by molar-refractivity contribution is 0.171. The van der Waals surface area contributed by atoms with Gasteiger partial charge < -0.3 is 24.3 Å². The van der Waals surface area contributed by atoms with Gasteiger partial charge in [-0.1, -0.05) is 11.6 Å². The average Bonchev–Trinajstić information content (AvgIpc) is 3.24. The fourth-order valence-corrected chi connectivity index (χ4v) is 3.30. The van der Waals surface area contributed by atoms with Crippen LogP contribution in [0, 0.1) is 11.3 Å². The number of nitriles is 1. The normalized spacial score (nSPS) is 11.9. The molecule has 0 bridgehead atoms. The number of rotatable bonds is 7. The van der Waals surface area contributed by atoms with E-state index in [1.54, 1.807) is 19.2 Å². The number of hydrogen-bond donors (Lipinski definition) is 1. The van der Waals surface area contributed by atoms with Crippen molar-refractivity contribution in [1.82, 2.24) is 9.97 Å². The summed E-state index contributed by atoms with van der Waals surface area (Å²) in [7, 11) is 1.54. The third-order valence-corrected chi connectivity index (χ3v) is 4.97. The molecule has 0 amide bonds. The van der Waals surface area contributed by atoms with Gasteiger partial charge in [-0.15, -0.1) is 11.6 Å². The number of alkyl halides is 1. The Labute approximate surface area is 182 Å². The van der Waals surface area contributed by atoms with Crippen molar-refractivity contribution < 1.29 is 18.9 Å². The Kier molecular flexibility index (Phi) is 5.84. The molecule has 1 aromatic carbocycles. The van der Waals surface area contributed by atoms with E-state index >= 15 is 0 Å². The van der Waals surface area contributed by atoms with Crippen LogP contribution in [-0.2, 0) is 0 Å². The molecule has 1 aliphatic heterocycles. The van der Waals surface area contributed by atoms with Gasteiger partial charge in [0.15, 0.2) is 11.5 Å². The second kappa shape index (κ2) is 8.69. The molecule has 4 rings (SSSR count). The summed E-state index contributed by atoms with van der Waals surface area (Å²) in [6, 6.07) is 5.66. The summed E-state index contributed by atoms with van der Waals surface area (Å²) in [5.41, 5.74) is 1.88. The van der Waals surface area contributed by atoms with Gasteiger partial charge in [0, 0.05) is 23.5 Å². The molecule has 2 aromatic heterocycles. The molecule has 0 fully saturated rings. The first kappa shape index (κ1) is 20.1. The summed E-state index contributed by atoms with van der Waals surface area (Å²) in [5, 5.41) is 13.8. The van der Waals surface area contributed by atoms with Crippen LogP contribution < -0.4 is 24.3 Å². The Morgan fingerprint density at radius 2 is 2.07 bits per heavy atom. The maximum atomic E-state index is 9.64. The van der Waals surface area contributed by atoms with Crippen molar-refractivity contribution in [3.05, 3.63) is 35.1 Å². The van der Waals surface area contributed by atoms with Gasteiger partial charge in [0.05, 0.1) is 41.7 Å². The van der Waals surface area contributed by atoms with Crippen molar-refractivity contribution in [3.63, 3.8) is 0 Å².